The van der Waals surface area contributed by atoms with Crippen molar-refractivity contribution >= 4 is 22.8 Å². The van der Waals surface area contributed by atoms with Crippen LogP contribution in [0.3, 0.4) is 0 Å². The fourth-order valence-electron chi connectivity index (χ4n) is 2.65. The molecule has 0 aliphatic carbocycles. The molecule has 0 unspecified atom stereocenters. The lowest BCUT2D eigenvalue weighted by atomic mass is 9.92. The summed E-state index contributed by atoms with van der Waals surface area (Å²) in [5.41, 5.74) is 3.82. The zero-order valence-electron chi connectivity index (χ0n) is 15.5. The average Bonchev–Trinajstić information content (AvgIpc) is 2.91. The number of hydrogen-bond acceptors (Lipinski definition) is 5. The van der Waals surface area contributed by atoms with Crippen molar-refractivity contribution < 1.29 is 4.92 Å². The van der Waals surface area contributed by atoms with E-state index in [1.54, 1.807) is 6.07 Å². The van der Waals surface area contributed by atoms with Crippen molar-refractivity contribution in [1.82, 2.24) is 9.38 Å². The SMILES string of the molecule is Cc1ccn2c(N=Nc3cc([N+](=O)[O-])ccc3C)c(C(C)(C)C)nc2c1. The molecule has 0 bridgehead atoms. The summed E-state index contributed by atoms with van der Waals surface area (Å²) in [7, 11) is 0. The van der Waals surface area contributed by atoms with Crippen LogP contribution < -0.4 is 0 Å². The fraction of sp³-hybridized carbons (Fsp3) is 0.316. The molecule has 0 N–H and O–H groups in total. The van der Waals surface area contributed by atoms with Gasteiger partial charge in [-0.3, -0.25) is 14.5 Å². The first-order valence-electron chi connectivity index (χ1n) is 8.33. The molecule has 0 saturated heterocycles. The summed E-state index contributed by atoms with van der Waals surface area (Å²) in [6.07, 6.45) is 1.92. The van der Waals surface area contributed by atoms with Crippen LogP contribution in [0.5, 0.6) is 0 Å². The number of fused-ring (bicyclic) bond motifs is 1. The van der Waals surface area contributed by atoms with Gasteiger partial charge in [-0.15, -0.1) is 10.2 Å². The van der Waals surface area contributed by atoms with E-state index in [-0.39, 0.29) is 11.1 Å². The Morgan fingerprint density at radius 3 is 2.50 bits per heavy atom. The highest BCUT2D eigenvalue weighted by Gasteiger charge is 2.24. The molecule has 0 amide bonds. The van der Waals surface area contributed by atoms with Crippen LogP contribution >= 0.6 is 0 Å². The third kappa shape index (κ3) is 3.33. The molecular formula is C19H21N5O2. The largest absolute Gasteiger partial charge is 0.283 e. The molecule has 7 nitrogen and oxygen atoms in total. The first-order valence-corrected chi connectivity index (χ1v) is 8.33. The second-order valence-electron chi connectivity index (χ2n) is 7.39. The van der Waals surface area contributed by atoms with E-state index in [2.05, 4.69) is 31.0 Å². The van der Waals surface area contributed by atoms with E-state index >= 15 is 0 Å². The summed E-state index contributed by atoms with van der Waals surface area (Å²) < 4.78 is 1.89. The molecule has 0 fully saturated rings. The van der Waals surface area contributed by atoms with Gasteiger partial charge in [0.25, 0.3) is 5.69 Å². The normalized spacial score (nSPS) is 12.2. The monoisotopic (exact) mass is 351 g/mol. The molecule has 7 heteroatoms. The number of aromatic nitrogens is 2. The summed E-state index contributed by atoms with van der Waals surface area (Å²) >= 11 is 0. The minimum atomic E-state index is -0.434. The van der Waals surface area contributed by atoms with Crippen molar-refractivity contribution in [3.05, 3.63) is 63.5 Å². The number of nitrogens with zero attached hydrogens (tertiary/aromatic N) is 5. The Morgan fingerprint density at radius 2 is 1.85 bits per heavy atom. The molecule has 0 radical (unpaired) electrons. The molecular weight excluding hydrogens is 330 g/mol. The lowest BCUT2D eigenvalue weighted by Gasteiger charge is -2.15. The van der Waals surface area contributed by atoms with Crippen LogP contribution in [0, 0.1) is 24.0 Å². The summed E-state index contributed by atoms with van der Waals surface area (Å²) in [5.74, 6) is 0.637. The quantitative estimate of drug-likeness (QED) is 0.351. The van der Waals surface area contributed by atoms with Crippen LogP contribution in [0.2, 0.25) is 0 Å². The van der Waals surface area contributed by atoms with Crippen molar-refractivity contribution in [3.8, 4) is 0 Å². The molecule has 3 aromatic rings. The van der Waals surface area contributed by atoms with Crippen LogP contribution in [-0.4, -0.2) is 14.3 Å². The molecule has 2 heterocycles. The standard InChI is InChI=1S/C19H21N5O2/c1-12-8-9-23-16(10-12)20-17(19(3,4)5)18(23)22-21-15-11-14(24(25)26)7-6-13(15)2/h6-11H,1-5H3. The van der Waals surface area contributed by atoms with Crippen molar-refractivity contribution in [2.45, 2.75) is 40.0 Å². The molecule has 0 aliphatic heterocycles. The number of azo groups is 1. The molecule has 0 saturated carbocycles. The Labute approximate surface area is 151 Å². The van der Waals surface area contributed by atoms with E-state index in [0.29, 0.717) is 11.5 Å². The molecule has 3 rings (SSSR count). The van der Waals surface area contributed by atoms with Crippen molar-refractivity contribution in [2.75, 3.05) is 0 Å². The third-order valence-corrected chi connectivity index (χ3v) is 4.12. The average molecular weight is 351 g/mol. The van der Waals surface area contributed by atoms with Gasteiger partial charge in [-0.05, 0) is 37.1 Å². The first-order chi connectivity index (χ1) is 12.2. The van der Waals surface area contributed by atoms with E-state index in [0.717, 1.165) is 22.5 Å². The van der Waals surface area contributed by atoms with Gasteiger partial charge in [-0.2, -0.15) is 0 Å². The number of non-ortho nitro benzene ring substituents is 1. The van der Waals surface area contributed by atoms with Gasteiger partial charge in [0.15, 0.2) is 5.82 Å². The predicted octanol–water partition coefficient (Wildman–Crippen LogP) is 5.57. The van der Waals surface area contributed by atoms with Gasteiger partial charge in [0.05, 0.1) is 16.3 Å². The van der Waals surface area contributed by atoms with Gasteiger partial charge >= 0.3 is 0 Å². The second-order valence-corrected chi connectivity index (χ2v) is 7.39. The van der Waals surface area contributed by atoms with Crippen LogP contribution in [0.4, 0.5) is 17.2 Å². The van der Waals surface area contributed by atoms with E-state index in [4.69, 9.17) is 4.98 Å². The first kappa shape index (κ1) is 17.7. The number of benzene rings is 1. The highest BCUT2D eigenvalue weighted by atomic mass is 16.6. The lowest BCUT2D eigenvalue weighted by Crippen LogP contribution is -2.11. The number of nitro groups is 1. The predicted molar refractivity (Wildman–Crippen MR) is 101 cm³/mol. The highest BCUT2D eigenvalue weighted by molar-refractivity contribution is 5.56. The van der Waals surface area contributed by atoms with Crippen molar-refractivity contribution in [2.24, 2.45) is 10.2 Å². The molecule has 0 spiro atoms. The van der Waals surface area contributed by atoms with Crippen LogP contribution in [0.15, 0.2) is 46.8 Å². The Hall–Kier alpha value is -3.09. The fourth-order valence-corrected chi connectivity index (χ4v) is 2.65. The van der Waals surface area contributed by atoms with E-state index in [9.17, 15) is 10.1 Å². The zero-order chi connectivity index (χ0) is 19.1. The number of hydrogen-bond donors (Lipinski definition) is 0. The van der Waals surface area contributed by atoms with E-state index < -0.39 is 4.92 Å². The van der Waals surface area contributed by atoms with Gasteiger partial charge in [-0.1, -0.05) is 26.8 Å². The van der Waals surface area contributed by atoms with Crippen LogP contribution in [-0.2, 0) is 5.41 Å². The summed E-state index contributed by atoms with van der Waals surface area (Å²) in [4.78, 5) is 15.3. The summed E-state index contributed by atoms with van der Waals surface area (Å²) in [6.45, 7) is 10.1. The Kier molecular flexibility index (Phi) is 4.31. The minimum Gasteiger partial charge on any atom is -0.283 e. The molecule has 0 aliphatic rings. The topological polar surface area (TPSA) is 85.2 Å². The number of aryl methyl sites for hydroxylation is 2. The maximum atomic E-state index is 11.0. The maximum absolute atomic E-state index is 11.0. The van der Waals surface area contributed by atoms with Crippen molar-refractivity contribution in [3.63, 3.8) is 0 Å². The van der Waals surface area contributed by atoms with Gasteiger partial charge in [0.2, 0.25) is 0 Å². The van der Waals surface area contributed by atoms with Gasteiger partial charge in [0, 0.05) is 23.7 Å². The number of pyridine rings is 1. The third-order valence-electron chi connectivity index (χ3n) is 4.12. The summed E-state index contributed by atoms with van der Waals surface area (Å²) in [5, 5.41) is 19.7. The number of nitro benzene ring substituents is 1. The van der Waals surface area contributed by atoms with Crippen LogP contribution in [0.25, 0.3) is 5.65 Å². The van der Waals surface area contributed by atoms with Gasteiger partial charge < -0.3 is 0 Å². The number of rotatable bonds is 3. The van der Waals surface area contributed by atoms with Crippen LogP contribution in [0.1, 0.15) is 37.6 Å². The highest BCUT2D eigenvalue weighted by Crippen LogP contribution is 2.34. The Balaban J connectivity index is 2.15. The Bertz CT molecular complexity index is 1030. The van der Waals surface area contributed by atoms with Gasteiger partial charge in [0.1, 0.15) is 5.65 Å². The van der Waals surface area contributed by atoms with E-state index in [1.807, 2.05) is 36.6 Å². The Morgan fingerprint density at radius 1 is 1.12 bits per heavy atom. The van der Waals surface area contributed by atoms with Gasteiger partial charge in [-0.25, -0.2) is 4.98 Å². The second kappa shape index (κ2) is 6.33. The maximum Gasteiger partial charge on any atom is 0.271 e. The molecule has 1 aromatic carbocycles. The molecule has 2 aromatic heterocycles. The number of imidazole rings is 1. The smallest absolute Gasteiger partial charge is 0.271 e. The van der Waals surface area contributed by atoms with Crippen molar-refractivity contribution in [1.29, 1.82) is 0 Å². The van der Waals surface area contributed by atoms with E-state index in [1.165, 1.54) is 12.1 Å². The lowest BCUT2D eigenvalue weighted by molar-refractivity contribution is -0.384. The zero-order valence-corrected chi connectivity index (χ0v) is 15.5. The molecule has 0 atom stereocenters. The minimum absolute atomic E-state index is 0.00522. The summed E-state index contributed by atoms with van der Waals surface area (Å²) in [6, 6.07) is 8.55. The molecule has 26 heavy (non-hydrogen) atoms. The molecule has 134 valence electrons.